The molecule has 0 aliphatic heterocycles. The Kier molecular flexibility index (Phi) is 7.26. The Hall–Kier alpha value is -6.00. The van der Waals surface area contributed by atoms with E-state index in [1.54, 1.807) is 0 Å². The maximum absolute atomic E-state index is 2.45. The highest BCUT2D eigenvalue weighted by Gasteiger charge is 2.21. The van der Waals surface area contributed by atoms with Gasteiger partial charge in [-0.25, -0.2) is 0 Å². The molecule has 0 aliphatic carbocycles. The third kappa shape index (κ3) is 5.13. The molecule has 8 aromatic carbocycles. The van der Waals surface area contributed by atoms with E-state index >= 15 is 0 Å². The van der Waals surface area contributed by atoms with Gasteiger partial charge in [0.15, 0.2) is 0 Å². The van der Waals surface area contributed by atoms with E-state index in [0.717, 1.165) is 11.4 Å². The summed E-state index contributed by atoms with van der Waals surface area (Å²) < 4.78 is 5.31. The minimum Gasteiger partial charge on any atom is -0.310 e. The van der Waals surface area contributed by atoms with Crippen molar-refractivity contribution in [1.29, 1.82) is 0 Å². The second-order valence-electron chi connectivity index (χ2n) is 12.9. The van der Waals surface area contributed by atoms with Crippen LogP contribution in [0, 0.1) is 0 Å². The molecule has 0 atom stereocenters. The number of anilines is 3. The van der Waals surface area contributed by atoms with Gasteiger partial charge in [0.05, 0.1) is 5.69 Å². The van der Waals surface area contributed by atoms with Gasteiger partial charge in [0.25, 0.3) is 0 Å². The van der Waals surface area contributed by atoms with Crippen LogP contribution in [0.4, 0.5) is 17.1 Å². The summed E-state index contributed by atoms with van der Waals surface area (Å²) in [4.78, 5) is 2.45. The average Bonchev–Trinajstić information content (AvgIpc) is 3.78. The largest absolute Gasteiger partial charge is 0.310 e. The van der Waals surface area contributed by atoms with Gasteiger partial charge in [0, 0.05) is 51.7 Å². The lowest BCUT2D eigenvalue weighted by atomic mass is 9.94. The first-order valence-electron chi connectivity index (χ1n) is 17.3. The summed E-state index contributed by atoms with van der Waals surface area (Å²) in [5.74, 6) is 0. The van der Waals surface area contributed by atoms with E-state index in [9.17, 15) is 0 Å². The molecular formula is C48H31NS2. The molecule has 0 spiro atoms. The molecule has 10 aromatic rings. The van der Waals surface area contributed by atoms with Gasteiger partial charge >= 0.3 is 0 Å². The summed E-state index contributed by atoms with van der Waals surface area (Å²) in [6.07, 6.45) is 0. The molecule has 0 saturated heterocycles. The standard InChI is InChI=1S/C48H31NS2/c1-3-12-32(13-4-1)33-22-26-36(27-23-33)49(37-28-24-35(25-29-37)39-17-8-7-16-38(39)34-14-5-2-6-15-34)42-19-11-21-44-46(42)47-45(50-44)31-30-41-40-18-9-10-20-43(40)51-48(41)47/h1-31H. The lowest BCUT2D eigenvalue weighted by molar-refractivity contribution is 1.30. The molecule has 0 fully saturated rings. The number of benzene rings is 8. The van der Waals surface area contributed by atoms with Gasteiger partial charge in [-0.05, 0) is 81.9 Å². The van der Waals surface area contributed by atoms with Crippen molar-refractivity contribution in [3.8, 4) is 33.4 Å². The van der Waals surface area contributed by atoms with Crippen molar-refractivity contribution in [3.63, 3.8) is 0 Å². The second kappa shape index (κ2) is 12.4. The first-order chi connectivity index (χ1) is 25.3. The van der Waals surface area contributed by atoms with Gasteiger partial charge in [-0.1, -0.05) is 140 Å². The molecule has 51 heavy (non-hydrogen) atoms. The highest BCUT2D eigenvalue weighted by Crippen LogP contribution is 2.49. The average molecular weight is 686 g/mol. The molecule has 0 amide bonds. The Balaban J connectivity index is 1.18. The molecule has 3 heteroatoms. The molecule has 10 rings (SSSR count). The van der Waals surface area contributed by atoms with Crippen LogP contribution in [0.1, 0.15) is 0 Å². The van der Waals surface area contributed by atoms with E-state index < -0.39 is 0 Å². The van der Waals surface area contributed by atoms with Crippen molar-refractivity contribution >= 4 is 80.1 Å². The van der Waals surface area contributed by atoms with Crippen LogP contribution >= 0.6 is 22.7 Å². The Bertz CT molecular complexity index is 2830. The zero-order chi connectivity index (χ0) is 33.7. The minimum absolute atomic E-state index is 1.12. The fourth-order valence-corrected chi connectivity index (χ4v) is 9.96. The number of nitrogens with zero attached hydrogens (tertiary/aromatic N) is 1. The molecule has 0 N–H and O–H groups in total. The van der Waals surface area contributed by atoms with Crippen molar-refractivity contribution in [3.05, 3.63) is 188 Å². The van der Waals surface area contributed by atoms with Crippen LogP contribution in [0.5, 0.6) is 0 Å². The number of rotatable bonds is 6. The van der Waals surface area contributed by atoms with Crippen LogP contribution in [-0.2, 0) is 0 Å². The molecule has 0 aliphatic rings. The number of hydrogen-bond donors (Lipinski definition) is 0. The fraction of sp³-hybridized carbons (Fsp3) is 0. The molecule has 1 nitrogen and oxygen atoms in total. The summed E-state index contributed by atoms with van der Waals surface area (Å²) in [5.41, 5.74) is 10.8. The summed E-state index contributed by atoms with van der Waals surface area (Å²) in [6.45, 7) is 0. The third-order valence-corrected chi connectivity index (χ3v) is 12.2. The number of fused-ring (bicyclic) bond motifs is 7. The Labute approximate surface area is 304 Å². The number of thiophene rings is 2. The van der Waals surface area contributed by atoms with Gasteiger partial charge in [-0.2, -0.15) is 0 Å². The normalized spacial score (nSPS) is 11.5. The van der Waals surface area contributed by atoms with E-state index in [1.807, 2.05) is 22.7 Å². The van der Waals surface area contributed by atoms with E-state index in [2.05, 4.69) is 193 Å². The SMILES string of the molecule is c1ccc(-c2ccc(N(c3ccc(-c4ccccc4-c4ccccc4)cc3)c3cccc4sc5ccc6c7ccccc7sc6c5c34)cc2)cc1. The van der Waals surface area contributed by atoms with Crippen molar-refractivity contribution in [1.82, 2.24) is 0 Å². The molecule has 0 bridgehead atoms. The Morgan fingerprint density at radius 1 is 0.314 bits per heavy atom. The zero-order valence-electron chi connectivity index (χ0n) is 27.7. The molecule has 2 heterocycles. The van der Waals surface area contributed by atoms with Gasteiger partial charge in [0.1, 0.15) is 0 Å². The van der Waals surface area contributed by atoms with Gasteiger partial charge in [0.2, 0.25) is 0 Å². The highest BCUT2D eigenvalue weighted by atomic mass is 32.1. The predicted molar refractivity (Wildman–Crippen MR) is 223 cm³/mol. The van der Waals surface area contributed by atoms with Crippen LogP contribution in [0.15, 0.2) is 188 Å². The minimum atomic E-state index is 1.12. The maximum atomic E-state index is 2.45. The Morgan fingerprint density at radius 3 is 1.55 bits per heavy atom. The molecule has 0 saturated carbocycles. The summed E-state index contributed by atoms with van der Waals surface area (Å²) in [6, 6.07) is 68.4. The molecule has 2 aromatic heterocycles. The summed E-state index contributed by atoms with van der Waals surface area (Å²) in [5, 5.41) is 5.32. The van der Waals surface area contributed by atoms with Crippen LogP contribution < -0.4 is 4.90 Å². The molecule has 240 valence electrons. The van der Waals surface area contributed by atoms with Crippen molar-refractivity contribution in [2.45, 2.75) is 0 Å². The summed E-state index contributed by atoms with van der Waals surface area (Å²) in [7, 11) is 0. The van der Waals surface area contributed by atoms with Gasteiger partial charge in [-0.3, -0.25) is 0 Å². The highest BCUT2D eigenvalue weighted by molar-refractivity contribution is 7.29. The van der Waals surface area contributed by atoms with E-state index in [4.69, 9.17) is 0 Å². The van der Waals surface area contributed by atoms with Crippen LogP contribution in [0.25, 0.3) is 73.7 Å². The number of hydrogen-bond acceptors (Lipinski definition) is 3. The van der Waals surface area contributed by atoms with E-state index in [-0.39, 0.29) is 0 Å². The molecule has 0 unspecified atom stereocenters. The van der Waals surface area contributed by atoms with Gasteiger partial charge in [-0.15, -0.1) is 22.7 Å². The smallest absolute Gasteiger partial charge is 0.0555 e. The monoisotopic (exact) mass is 685 g/mol. The van der Waals surface area contributed by atoms with Gasteiger partial charge < -0.3 is 4.90 Å². The quantitative estimate of drug-likeness (QED) is 0.168. The van der Waals surface area contributed by atoms with Crippen LogP contribution in [0.2, 0.25) is 0 Å². The zero-order valence-corrected chi connectivity index (χ0v) is 29.3. The van der Waals surface area contributed by atoms with E-state index in [0.29, 0.717) is 0 Å². The lowest BCUT2D eigenvalue weighted by Crippen LogP contribution is -2.10. The first kappa shape index (κ1) is 29.9. The fourth-order valence-electron chi connectivity index (χ4n) is 7.51. The van der Waals surface area contributed by atoms with Crippen LogP contribution in [0.3, 0.4) is 0 Å². The Morgan fingerprint density at radius 2 is 0.843 bits per heavy atom. The first-order valence-corrected chi connectivity index (χ1v) is 18.9. The lowest BCUT2D eigenvalue weighted by Gasteiger charge is -2.27. The van der Waals surface area contributed by atoms with E-state index in [1.165, 1.54) is 79.4 Å². The maximum Gasteiger partial charge on any atom is 0.0555 e. The van der Waals surface area contributed by atoms with Crippen LogP contribution in [-0.4, -0.2) is 0 Å². The van der Waals surface area contributed by atoms with Crippen molar-refractivity contribution in [2.24, 2.45) is 0 Å². The molecular weight excluding hydrogens is 655 g/mol. The topological polar surface area (TPSA) is 3.24 Å². The third-order valence-electron chi connectivity index (χ3n) is 9.90. The summed E-state index contributed by atoms with van der Waals surface area (Å²) >= 11 is 3.80. The second-order valence-corrected chi connectivity index (χ2v) is 15.0. The predicted octanol–water partition coefficient (Wildman–Crippen LogP) is 14.9. The van der Waals surface area contributed by atoms with Crippen molar-refractivity contribution in [2.75, 3.05) is 4.90 Å². The molecule has 0 radical (unpaired) electrons. The van der Waals surface area contributed by atoms with Crippen molar-refractivity contribution < 1.29 is 0 Å².